The van der Waals surface area contributed by atoms with Crippen LogP contribution in [0.5, 0.6) is 0 Å². The van der Waals surface area contributed by atoms with E-state index in [-0.39, 0.29) is 0 Å². The molecule has 0 spiro atoms. The molecule has 0 amide bonds. The second-order valence-corrected chi connectivity index (χ2v) is 4.67. The number of hydrogen-bond donors (Lipinski definition) is 1. The minimum absolute atomic E-state index is 0.509. The van der Waals surface area contributed by atoms with E-state index in [0.717, 1.165) is 12.2 Å². The first-order valence-corrected chi connectivity index (χ1v) is 6.29. The number of para-hydroxylation sites is 1. The molecule has 2 aromatic carbocycles. The van der Waals surface area contributed by atoms with Crippen molar-refractivity contribution >= 4 is 22.9 Å². The largest absolute Gasteiger partial charge is 0.392 e. The van der Waals surface area contributed by atoms with Crippen LogP contribution in [0.3, 0.4) is 0 Å². The molecule has 2 nitrogen and oxygen atoms in total. The van der Waals surface area contributed by atoms with Gasteiger partial charge in [0.1, 0.15) is 0 Å². The van der Waals surface area contributed by atoms with Gasteiger partial charge in [0.05, 0.1) is 11.5 Å². The first-order valence-electron chi connectivity index (χ1n) is 5.88. The highest BCUT2D eigenvalue weighted by Gasteiger charge is 2.07. The third-order valence-corrected chi connectivity index (χ3v) is 2.81. The summed E-state index contributed by atoms with van der Waals surface area (Å²) in [7, 11) is 0. The van der Waals surface area contributed by atoms with Gasteiger partial charge >= 0.3 is 0 Å². The number of benzene rings is 2. The lowest BCUT2D eigenvalue weighted by Crippen LogP contribution is -2.32. The van der Waals surface area contributed by atoms with Crippen molar-refractivity contribution in [2.75, 3.05) is 11.4 Å². The van der Waals surface area contributed by atoms with E-state index in [1.807, 2.05) is 36.4 Å². The second-order valence-electron chi connectivity index (χ2n) is 4.14. The lowest BCUT2D eigenvalue weighted by molar-refractivity contribution is 0.885. The van der Waals surface area contributed by atoms with Gasteiger partial charge in [-0.15, -0.1) is 0 Å². The van der Waals surface area contributed by atoms with Gasteiger partial charge in [0.15, 0.2) is 0 Å². The number of nitrogens with two attached hydrogens (primary N) is 1. The van der Waals surface area contributed by atoms with Gasteiger partial charge in [-0.05, 0) is 17.7 Å². The van der Waals surface area contributed by atoms with Crippen molar-refractivity contribution < 1.29 is 0 Å². The first-order chi connectivity index (χ1) is 8.75. The van der Waals surface area contributed by atoms with Crippen molar-refractivity contribution in [3.8, 4) is 0 Å². The zero-order valence-electron chi connectivity index (χ0n) is 10.1. The minimum Gasteiger partial charge on any atom is -0.392 e. The summed E-state index contributed by atoms with van der Waals surface area (Å²) in [5, 5.41) is 0. The number of nitrogens with zero attached hydrogens (tertiary/aromatic N) is 1. The van der Waals surface area contributed by atoms with E-state index in [0.29, 0.717) is 11.5 Å². The van der Waals surface area contributed by atoms with E-state index >= 15 is 0 Å². The van der Waals surface area contributed by atoms with E-state index in [1.165, 1.54) is 5.56 Å². The molecule has 0 unspecified atom stereocenters. The summed E-state index contributed by atoms with van der Waals surface area (Å²) in [4.78, 5) is 2.69. The summed E-state index contributed by atoms with van der Waals surface area (Å²) in [6.45, 7) is 1.40. The fourth-order valence-electron chi connectivity index (χ4n) is 1.87. The molecule has 0 aliphatic heterocycles. The van der Waals surface area contributed by atoms with Crippen LogP contribution >= 0.6 is 12.2 Å². The molecule has 0 aliphatic carbocycles. The monoisotopic (exact) mass is 256 g/mol. The number of rotatable bonds is 5. The molecular weight excluding hydrogens is 240 g/mol. The molecule has 0 saturated carbocycles. The fourth-order valence-corrected chi connectivity index (χ4v) is 2.03. The van der Waals surface area contributed by atoms with Crippen LogP contribution in [0, 0.1) is 0 Å². The highest BCUT2D eigenvalue weighted by molar-refractivity contribution is 7.80. The van der Waals surface area contributed by atoms with E-state index < -0.39 is 0 Å². The molecule has 18 heavy (non-hydrogen) atoms. The third-order valence-electron chi connectivity index (χ3n) is 2.68. The number of thiocarbonyl (C=S) groups is 1. The van der Waals surface area contributed by atoms with Gasteiger partial charge in [0, 0.05) is 12.2 Å². The predicted octanol–water partition coefficient (Wildman–Crippen LogP) is 2.98. The molecule has 0 saturated heterocycles. The topological polar surface area (TPSA) is 29.3 Å². The Morgan fingerprint density at radius 1 is 0.944 bits per heavy atom. The van der Waals surface area contributed by atoms with Crippen molar-refractivity contribution in [3.63, 3.8) is 0 Å². The second kappa shape index (κ2) is 6.17. The van der Waals surface area contributed by atoms with Gasteiger partial charge in [0.25, 0.3) is 0 Å². The highest BCUT2D eigenvalue weighted by Crippen LogP contribution is 2.16. The summed E-state index contributed by atoms with van der Waals surface area (Å²) in [6.07, 6.45) is 0. The molecule has 0 bridgehead atoms. The maximum Gasteiger partial charge on any atom is 0.0924 e. The van der Waals surface area contributed by atoms with Crippen LogP contribution in [-0.2, 0) is 6.54 Å². The van der Waals surface area contributed by atoms with Crippen LogP contribution in [0.25, 0.3) is 0 Å². The maximum atomic E-state index is 5.67. The number of anilines is 1. The summed E-state index contributed by atoms with van der Waals surface area (Å²) in [5.41, 5.74) is 8.06. The van der Waals surface area contributed by atoms with Gasteiger partial charge in [-0.3, -0.25) is 0 Å². The molecule has 0 radical (unpaired) electrons. The van der Waals surface area contributed by atoms with Crippen LogP contribution in [0.2, 0.25) is 0 Å². The standard InChI is InChI=1S/C15H16N2S/c16-15(18)12-17(14-9-5-2-6-10-14)11-13-7-3-1-4-8-13/h1-10H,11-12H2,(H2,16,18). The van der Waals surface area contributed by atoms with Crippen molar-refractivity contribution in [3.05, 3.63) is 66.2 Å². The molecule has 2 N–H and O–H groups in total. The van der Waals surface area contributed by atoms with E-state index in [9.17, 15) is 0 Å². The van der Waals surface area contributed by atoms with Crippen molar-refractivity contribution in [2.24, 2.45) is 5.73 Å². The SMILES string of the molecule is NC(=S)CN(Cc1ccccc1)c1ccccc1. The van der Waals surface area contributed by atoms with Crippen molar-refractivity contribution in [2.45, 2.75) is 6.54 Å². The highest BCUT2D eigenvalue weighted by atomic mass is 32.1. The average molecular weight is 256 g/mol. The van der Waals surface area contributed by atoms with Crippen LogP contribution in [0.4, 0.5) is 5.69 Å². The van der Waals surface area contributed by atoms with Gasteiger partial charge in [-0.25, -0.2) is 0 Å². The van der Waals surface area contributed by atoms with E-state index in [1.54, 1.807) is 0 Å². The summed E-state index contributed by atoms with van der Waals surface area (Å²) in [5.74, 6) is 0. The van der Waals surface area contributed by atoms with Gasteiger partial charge in [0.2, 0.25) is 0 Å². The predicted molar refractivity (Wildman–Crippen MR) is 80.7 cm³/mol. The normalized spacial score (nSPS) is 10.0. The first kappa shape index (κ1) is 12.6. The van der Waals surface area contributed by atoms with Crippen molar-refractivity contribution in [1.82, 2.24) is 0 Å². The van der Waals surface area contributed by atoms with Crippen molar-refractivity contribution in [1.29, 1.82) is 0 Å². The van der Waals surface area contributed by atoms with Gasteiger partial charge in [-0.2, -0.15) is 0 Å². The Bertz CT molecular complexity index is 496. The Morgan fingerprint density at radius 3 is 2.06 bits per heavy atom. The zero-order chi connectivity index (χ0) is 12.8. The van der Waals surface area contributed by atoms with E-state index in [4.69, 9.17) is 18.0 Å². The summed E-state index contributed by atoms with van der Waals surface area (Å²) >= 11 is 5.02. The van der Waals surface area contributed by atoms with Gasteiger partial charge < -0.3 is 10.6 Å². The Kier molecular flexibility index (Phi) is 4.31. The van der Waals surface area contributed by atoms with E-state index in [2.05, 4.69) is 29.2 Å². The Hall–Kier alpha value is -1.87. The smallest absolute Gasteiger partial charge is 0.0924 e. The molecule has 0 fully saturated rings. The molecule has 92 valence electrons. The number of hydrogen-bond acceptors (Lipinski definition) is 2. The fraction of sp³-hybridized carbons (Fsp3) is 0.133. The molecular formula is C15H16N2S. The Morgan fingerprint density at radius 2 is 1.50 bits per heavy atom. The molecule has 3 heteroatoms. The minimum atomic E-state index is 0.509. The van der Waals surface area contributed by atoms with Gasteiger partial charge in [-0.1, -0.05) is 60.7 Å². The summed E-state index contributed by atoms with van der Waals surface area (Å²) in [6, 6.07) is 20.5. The van der Waals surface area contributed by atoms with Crippen LogP contribution in [0.1, 0.15) is 5.56 Å². The lowest BCUT2D eigenvalue weighted by Gasteiger charge is -2.24. The van der Waals surface area contributed by atoms with Crippen LogP contribution < -0.4 is 10.6 Å². The summed E-state index contributed by atoms with van der Waals surface area (Å²) < 4.78 is 0. The molecule has 0 atom stereocenters. The third kappa shape index (κ3) is 3.57. The van der Waals surface area contributed by atoms with Crippen LogP contribution in [-0.4, -0.2) is 11.5 Å². The lowest BCUT2D eigenvalue weighted by atomic mass is 10.2. The molecule has 0 aromatic heterocycles. The quantitative estimate of drug-likeness (QED) is 0.834. The Labute approximate surface area is 113 Å². The average Bonchev–Trinajstić information content (AvgIpc) is 2.40. The Balaban J connectivity index is 2.18. The van der Waals surface area contributed by atoms with Crippen LogP contribution in [0.15, 0.2) is 60.7 Å². The molecule has 0 aliphatic rings. The maximum absolute atomic E-state index is 5.67. The molecule has 2 rings (SSSR count). The molecule has 0 heterocycles. The molecule has 2 aromatic rings. The zero-order valence-corrected chi connectivity index (χ0v) is 10.9.